The number of hydrogen-bond donors (Lipinski definition) is 1. The van der Waals surface area contributed by atoms with E-state index in [0.717, 1.165) is 38.8 Å². The van der Waals surface area contributed by atoms with Crippen molar-refractivity contribution in [3.63, 3.8) is 0 Å². The number of hydrogen-bond acceptors (Lipinski definition) is 5. The van der Waals surface area contributed by atoms with Gasteiger partial charge in [-0.15, -0.1) is 12.4 Å². The van der Waals surface area contributed by atoms with Crippen LogP contribution < -0.4 is 15.0 Å². The molecule has 1 saturated heterocycles. The third kappa shape index (κ3) is 5.74. The lowest BCUT2D eigenvalue weighted by Crippen LogP contribution is -2.53. The molecule has 1 atom stereocenters. The molecule has 0 bridgehead atoms. The Morgan fingerprint density at radius 3 is 2.72 bits per heavy atom. The normalized spacial score (nSPS) is 19.8. The van der Waals surface area contributed by atoms with Crippen LogP contribution in [0.5, 0.6) is 5.75 Å². The third-order valence-electron chi connectivity index (χ3n) is 6.06. The van der Waals surface area contributed by atoms with Crippen LogP contribution in [0.25, 0.3) is 0 Å². The summed E-state index contributed by atoms with van der Waals surface area (Å²) in [5.41, 5.74) is 0.339. The number of nitrogens with zero attached hydrogens (tertiary/aromatic N) is 2. The number of amides is 2. The summed E-state index contributed by atoms with van der Waals surface area (Å²) in [5.74, 6) is 0.561. The maximum atomic E-state index is 13.5. The average Bonchev–Trinajstić information content (AvgIpc) is 2.73. The van der Waals surface area contributed by atoms with E-state index in [4.69, 9.17) is 9.47 Å². The molecule has 180 valence electrons. The lowest BCUT2D eigenvalue weighted by atomic mass is 10.00. The van der Waals surface area contributed by atoms with Crippen LogP contribution in [0.2, 0.25) is 0 Å². The summed E-state index contributed by atoms with van der Waals surface area (Å²) in [6.07, 6.45) is 3.76. The largest absolute Gasteiger partial charge is 0.476 e. The Kier molecular flexibility index (Phi) is 9.37. The van der Waals surface area contributed by atoms with E-state index in [1.807, 2.05) is 23.1 Å². The van der Waals surface area contributed by atoms with Gasteiger partial charge in [-0.3, -0.25) is 9.59 Å². The van der Waals surface area contributed by atoms with Gasteiger partial charge < -0.3 is 24.6 Å². The SMILES string of the molecule is COCCCCN1C(=O)C(C)(C)Oc2ccc(C(=O)N(C(C)C)C3CCCNC3)cc21.Cl. The van der Waals surface area contributed by atoms with Crippen molar-refractivity contribution in [2.75, 3.05) is 38.3 Å². The highest BCUT2D eigenvalue weighted by atomic mass is 35.5. The van der Waals surface area contributed by atoms with Crippen LogP contribution in [0.15, 0.2) is 18.2 Å². The zero-order chi connectivity index (χ0) is 22.6. The lowest BCUT2D eigenvalue weighted by Gasteiger charge is -2.40. The number of carbonyl (C=O) groups excluding carboxylic acids is 2. The summed E-state index contributed by atoms with van der Waals surface area (Å²) in [7, 11) is 1.68. The van der Waals surface area contributed by atoms with Gasteiger partial charge in [0.2, 0.25) is 0 Å². The van der Waals surface area contributed by atoms with Crippen molar-refractivity contribution in [3.05, 3.63) is 23.8 Å². The first kappa shape index (κ1) is 26.4. The van der Waals surface area contributed by atoms with Crippen molar-refractivity contribution in [1.82, 2.24) is 10.2 Å². The van der Waals surface area contributed by atoms with Crippen molar-refractivity contribution in [2.45, 2.75) is 71.1 Å². The van der Waals surface area contributed by atoms with E-state index in [-0.39, 0.29) is 36.3 Å². The highest BCUT2D eigenvalue weighted by Crippen LogP contribution is 2.39. The van der Waals surface area contributed by atoms with Crippen molar-refractivity contribution >= 4 is 29.9 Å². The van der Waals surface area contributed by atoms with E-state index in [1.165, 1.54) is 0 Å². The summed E-state index contributed by atoms with van der Waals surface area (Å²) in [6.45, 7) is 10.7. The number of methoxy groups -OCH3 is 1. The number of unbranched alkanes of at least 4 members (excludes halogenated alkanes) is 1. The van der Waals surface area contributed by atoms with Gasteiger partial charge in [0, 0.05) is 44.5 Å². The molecule has 1 aromatic carbocycles. The second kappa shape index (κ2) is 11.3. The number of carbonyl (C=O) groups is 2. The summed E-state index contributed by atoms with van der Waals surface area (Å²) in [4.78, 5) is 30.4. The number of nitrogens with one attached hydrogen (secondary N) is 1. The maximum absolute atomic E-state index is 13.5. The van der Waals surface area contributed by atoms with E-state index in [0.29, 0.717) is 30.2 Å². The topological polar surface area (TPSA) is 71.1 Å². The molecule has 2 aliphatic heterocycles. The molecule has 0 saturated carbocycles. The lowest BCUT2D eigenvalue weighted by molar-refractivity contribution is -0.132. The van der Waals surface area contributed by atoms with E-state index < -0.39 is 5.60 Å². The minimum atomic E-state index is -0.933. The van der Waals surface area contributed by atoms with Crippen LogP contribution >= 0.6 is 12.4 Å². The van der Waals surface area contributed by atoms with Gasteiger partial charge in [-0.1, -0.05) is 0 Å². The fourth-order valence-corrected chi connectivity index (χ4v) is 4.48. The van der Waals surface area contributed by atoms with E-state index in [2.05, 4.69) is 19.2 Å². The molecule has 1 aromatic rings. The fraction of sp³-hybridized carbons (Fsp3) is 0.667. The Bertz CT molecular complexity index is 793. The monoisotopic (exact) mass is 467 g/mol. The summed E-state index contributed by atoms with van der Waals surface area (Å²) in [6, 6.07) is 5.75. The Balaban J connectivity index is 0.00000363. The second-order valence-corrected chi connectivity index (χ2v) is 9.26. The number of ether oxygens (including phenoxy) is 2. The molecule has 8 heteroatoms. The summed E-state index contributed by atoms with van der Waals surface area (Å²) >= 11 is 0. The molecule has 2 aliphatic rings. The molecule has 0 radical (unpaired) electrons. The van der Waals surface area contributed by atoms with Crippen molar-refractivity contribution in [3.8, 4) is 5.75 Å². The highest BCUT2D eigenvalue weighted by Gasteiger charge is 2.41. The third-order valence-corrected chi connectivity index (χ3v) is 6.06. The van der Waals surface area contributed by atoms with Crippen molar-refractivity contribution in [1.29, 1.82) is 0 Å². The van der Waals surface area contributed by atoms with Crippen LogP contribution in [0.1, 0.15) is 63.7 Å². The molecule has 0 spiro atoms. The predicted octanol–water partition coefficient (Wildman–Crippen LogP) is 3.64. The molecule has 2 heterocycles. The van der Waals surface area contributed by atoms with Crippen LogP contribution in [0.4, 0.5) is 5.69 Å². The highest BCUT2D eigenvalue weighted by molar-refractivity contribution is 6.04. The first-order chi connectivity index (χ1) is 14.8. The molecule has 0 aliphatic carbocycles. The molecule has 1 fully saturated rings. The molecule has 1 N–H and O–H groups in total. The molecular weight excluding hydrogens is 430 g/mol. The van der Waals surface area contributed by atoms with Gasteiger partial charge >= 0.3 is 0 Å². The second-order valence-electron chi connectivity index (χ2n) is 9.26. The molecule has 1 unspecified atom stereocenters. The molecule has 3 rings (SSSR count). The van der Waals surface area contributed by atoms with Gasteiger partial charge in [-0.25, -0.2) is 0 Å². The van der Waals surface area contributed by atoms with Crippen LogP contribution in [0, 0.1) is 0 Å². The van der Waals surface area contributed by atoms with E-state index in [1.54, 1.807) is 25.9 Å². The van der Waals surface area contributed by atoms with Gasteiger partial charge in [0.25, 0.3) is 11.8 Å². The van der Waals surface area contributed by atoms with Crippen molar-refractivity contribution in [2.24, 2.45) is 0 Å². The Morgan fingerprint density at radius 1 is 1.34 bits per heavy atom. The number of rotatable bonds is 8. The quantitative estimate of drug-likeness (QED) is 0.591. The fourth-order valence-electron chi connectivity index (χ4n) is 4.48. The Hall–Kier alpha value is -1.83. The molecule has 2 amide bonds. The van der Waals surface area contributed by atoms with Gasteiger partial charge in [0.05, 0.1) is 5.69 Å². The zero-order valence-corrected chi connectivity index (χ0v) is 20.8. The smallest absolute Gasteiger partial charge is 0.270 e. The van der Waals surface area contributed by atoms with Crippen molar-refractivity contribution < 1.29 is 19.1 Å². The number of piperidine rings is 1. The maximum Gasteiger partial charge on any atom is 0.270 e. The minimum absolute atomic E-state index is 0. The molecule has 32 heavy (non-hydrogen) atoms. The van der Waals surface area contributed by atoms with Crippen LogP contribution in [-0.4, -0.2) is 67.7 Å². The van der Waals surface area contributed by atoms with Crippen LogP contribution in [-0.2, 0) is 9.53 Å². The minimum Gasteiger partial charge on any atom is -0.476 e. The number of fused-ring (bicyclic) bond motifs is 1. The Morgan fingerprint density at radius 2 is 2.09 bits per heavy atom. The van der Waals surface area contributed by atoms with Gasteiger partial charge in [0.15, 0.2) is 5.60 Å². The summed E-state index contributed by atoms with van der Waals surface area (Å²) < 4.78 is 11.1. The number of anilines is 1. The number of benzene rings is 1. The predicted molar refractivity (Wildman–Crippen MR) is 129 cm³/mol. The van der Waals surface area contributed by atoms with E-state index in [9.17, 15) is 9.59 Å². The van der Waals surface area contributed by atoms with Crippen LogP contribution in [0.3, 0.4) is 0 Å². The summed E-state index contributed by atoms with van der Waals surface area (Å²) in [5, 5.41) is 3.40. The van der Waals surface area contributed by atoms with Gasteiger partial charge in [-0.05, 0) is 78.1 Å². The standard InChI is InChI=1S/C24H37N3O4.ClH/c1-17(2)27(19-9-8-12-25-16-19)22(28)18-10-11-21-20(15-18)26(13-6-7-14-30-5)23(29)24(3,4)31-21;/h10-11,15,17,19,25H,6-9,12-14,16H2,1-5H3;1H. The molecular formula is C24H38ClN3O4. The van der Waals surface area contributed by atoms with E-state index >= 15 is 0 Å². The van der Waals surface area contributed by atoms with Gasteiger partial charge in [-0.2, -0.15) is 0 Å². The zero-order valence-electron chi connectivity index (χ0n) is 20.0. The first-order valence-corrected chi connectivity index (χ1v) is 11.4. The van der Waals surface area contributed by atoms with Gasteiger partial charge in [0.1, 0.15) is 5.75 Å². The Labute approximate surface area is 198 Å². The first-order valence-electron chi connectivity index (χ1n) is 11.4. The molecule has 7 nitrogen and oxygen atoms in total. The average molecular weight is 468 g/mol. The number of halogens is 1. The molecule has 0 aromatic heterocycles.